The van der Waals surface area contributed by atoms with Crippen LogP contribution in [0.15, 0.2) is 59.1 Å². The fourth-order valence-electron chi connectivity index (χ4n) is 5.58. The van der Waals surface area contributed by atoms with Crippen molar-refractivity contribution >= 4 is 39.6 Å². The maximum Gasteiger partial charge on any atom is 0.302 e. The average Bonchev–Trinajstić information content (AvgIpc) is 3.41. The van der Waals surface area contributed by atoms with Crippen LogP contribution in [0.1, 0.15) is 44.6 Å². The number of methoxy groups -OCH3 is 1. The largest absolute Gasteiger partial charge is 0.504 e. The number of ether oxygens (including phenoxy) is 2. The third-order valence-corrected chi connectivity index (χ3v) is 10.2. The first-order chi connectivity index (χ1) is 18.4. The Bertz CT molecular complexity index is 1130. The molecule has 6 unspecified atom stereocenters. The lowest BCUT2D eigenvalue weighted by Gasteiger charge is -2.36. The van der Waals surface area contributed by atoms with Gasteiger partial charge in [-0.15, -0.1) is 0 Å². The first-order valence-corrected chi connectivity index (χ1v) is 15.7. The molecule has 0 saturated carbocycles. The minimum Gasteiger partial charge on any atom is -0.504 e. The number of rotatable bonds is 6. The van der Waals surface area contributed by atoms with Crippen LogP contribution in [0, 0.1) is 23.7 Å². The number of benzene rings is 1. The third kappa shape index (κ3) is 7.35. The van der Waals surface area contributed by atoms with Crippen molar-refractivity contribution in [1.29, 1.82) is 0 Å². The Morgan fingerprint density at radius 1 is 1.16 bits per heavy atom. The molecule has 6 nitrogen and oxygen atoms in total. The molecule has 3 aliphatic rings. The summed E-state index contributed by atoms with van der Waals surface area (Å²) < 4.78 is 11.3. The Morgan fingerprint density at radius 3 is 2.66 bits per heavy atom. The van der Waals surface area contributed by atoms with Gasteiger partial charge in [-0.25, -0.2) is 0 Å². The number of allylic oxidation sites excluding steroid dienone is 5. The lowest BCUT2D eigenvalue weighted by molar-refractivity contribution is -0.151. The van der Waals surface area contributed by atoms with Gasteiger partial charge in [0.15, 0.2) is 11.5 Å². The van der Waals surface area contributed by atoms with Crippen LogP contribution in [-0.4, -0.2) is 54.3 Å². The highest BCUT2D eigenvalue weighted by molar-refractivity contribution is 8.76. The Morgan fingerprint density at radius 2 is 1.95 bits per heavy atom. The van der Waals surface area contributed by atoms with E-state index in [0.717, 1.165) is 23.5 Å². The minimum atomic E-state index is -0.509. The molecule has 2 heterocycles. The zero-order valence-corrected chi connectivity index (χ0v) is 23.9. The van der Waals surface area contributed by atoms with Crippen molar-refractivity contribution in [1.82, 2.24) is 0 Å². The van der Waals surface area contributed by atoms with E-state index in [9.17, 15) is 14.7 Å². The number of Topliss-reactive ketones (excluding diaryl/α,β-unsaturated/α-hetero) is 1. The average molecular weight is 556 g/mol. The first kappa shape index (κ1) is 28.6. The molecule has 0 amide bonds. The monoisotopic (exact) mass is 555 g/mol. The Kier molecular flexibility index (Phi) is 10.2. The molecule has 38 heavy (non-hydrogen) atoms. The van der Waals surface area contributed by atoms with Crippen molar-refractivity contribution in [3.63, 3.8) is 0 Å². The van der Waals surface area contributed by atoms with Crippen molar-refractivity contribution < 1.29 is 24.2 Å². The Hall–Kier alpha value is -2.45. The second kappa shape index (κ2) is 13.6. The topological polar surface area (TPSA) is 85.2 Å². The van der Waals surface area contributed by atoms with Gasteiger partial charge in [0.1, 0.15) is 11.9 Å². The number of hydrogen-bond acceptors (Lipinski definition) is 8. The van der Waals surface area contributed by atoms with Gasteiger partial charge >= 0.3 is 5.97 Å². The molecule has 204 valence electrons. The van der Waals surface area contributed by atoms with E-state index in [1.54, 1.807) is 27.7 Å². The van der Waals surface area contributed by atoms with Crippen LogP contribution in [0.4, 0.5) is 0 Å². The fraction of sp³-hybridized carbons (Fsp3) is 0.500. The molecule has 8 heteroatoms. The van der Waals surface area contributed by atoms with Gasteiger partial charge < -0.3 is 14.6 Å². The summed E-state index contributed by atoms with van der Waals surface area (Å²) in [5, 5.41) is 10.1. The second-order valence-corrected chi connectivity index (χ2v) is 12.8. The Labute approximate surface area is 233 Å². The van der Waals surface area contributed by atoms with Gasteiger partial charge in [-0.2, -0.15) is 0 Å². The van der Waals surface area contributed by atoms with Crippen LogP contribution in [0.3, 0.4) is 0 Å². The minimum absolute atomic E-state index is 0.0133. The molecule has 4 rings (SSSR count). The summed E-state index contributed by atoms with van der Waals surface area (Å²) in [5.74, 6) is 2.52. The molecule has 0 spiro atoms. The highest BCUT2D eigenvalue weighted by Crippen LogP contribution is 2.43. The smallest absolute Gasteiger partial charge is 0.302 e. The predicted molar refractivity (Wildman–Crippen MR) is 156 cm³/mol. The normalized spacial score (nSPS) is 30.0. The molecule has 2 aliphatic heterocycles. The van der Waals surface area contributed by atoms with Gasteiger partial charge in [-0.1, -0.05) is 65.0 Å². The molecular formula is C30H37NO5S2. The zero-order valence-electron chi connectivity index (χ0n) is 22.2. The van der Waals surface area contributed by atoms with Gasteiger partial charge in [0, 0.05) is 55.2 Å². The van der Waals surface area contributed by atoms with Crippen molar-refractivity contribution in [3.05, 3.63) is 59.7 Å². The first-order valence-electron chi connectivity index (χ1n) is 13.2. The molecule has 1 N–H and O–H groups in total. The van der Waals surface area contributed by atoms with Crippen molar-refractivity contribution in [2.45, 2.75) is 45.1 Å². The Balaban J connectivity index is 1.66. The number of phenols is 1. The number of ketones is 1. The summed E-state index contributed by atoms with van der Waals surface area (Å²) in [6.45, 7) is 4.31. The molecule has 0 radical (unpaired) electrons. The van der Waals surface area contributed by atoms with Gasteiger partial charge in [0.25, 0.3) is 0 Å². The van der Waals surface area contributed by atoms with Crippen LogP contribution in [0.5, 0.6) is 11.5 Å². The van der Waals surface area contributed by atoms with Crippen LogP contribution < -0.4 is 4.74 Å². The summed E-state index contributed by atoms with van der Waals surface area (Å²) in [7, 11) is 5.10. The maximum atomic E-state index is 13.6. The molecule has 6 atom stereocenters. The van der Waals surface area contributed by atoms with E-state index in [0.29, 0.717) is 30.6 Å². The van der Waals surface area contributed by atoms with E-state index in [-0.39, 0.29) is 41.7 Å². The zero-order chi connectivity index (χ0) is 27.1. The number of aromatic hydroxyl groups is 1. The number of hydrogen-bond donors (Lipinski definition) is 1. The number of esters is 1. The highest BCUT2D eigenvalue weighted by Gasteiger charge is 2.38. The van der Waals surface area contributed by atoms with Gasteiger partial charge in [0.2, 0.25) is 0 Å². The van der Waals surface area contributed by atoms with Crippen LogP contribution >= 0.6 is 21.6 Å². The van der Waals surface area contributed by atoms with E-state index < -0.39 is 6.10 Å². The second-order valence-electron chi connectivity index (χ2n) is 10.3. The quantitative estimate of drug-likeness (QED) is 0.332. The molecule has 0 bridgehead atoms. The SMILES string of the molecule is COc1cc(C2CSSCC(C3=CCN=C3)C(CC3C=CC=CC3C)C(OC(C)=O)CC(=O)C2)ccc1O. The lowest BCUT2D eigenvalue weighted by Crippen LogP contribution is -2.37. The van der Waals surface area contributed by atoms with E-state index >= 15 is 0 Å². The standard InChI is InChI=1S/C30H37NO5S2/c1-19-6-4-5-7-21(19)13-26-27(23-10-11-31-16-23)18-38-37-17-24(12-25(33)15-29(26)36-20(2)32)22-8-9-28(34)30(14-22)35-3/h4-10,14,16,19,21,24,26-27,29,34H,11-13,15,17-18H2,1-3H3. The van der Waals surface area contributed by atoms with Gasteiger partial charge in [0.05, 0.1) is 13.7 Å². The summed E-state index contributed by atoms with van der Waals surface area (Å²) in [6.07, 6.45) is 13.6. The summed E-state index contributed by atoms with van der Waals surface area (Å²) in [4.78, 5) is 30.4. The number of aliphatic imine (C=N–C) groups is 1. The van der Waals surface area contributed by atoms with Crippen molar-refractivity contribution in [2.24, 2.45) is 28.7 Å². The number of phenolic OH excluding ortho intramolecular Hbond substituents is 1. The van der Waals surface area contributed by atoms with Crippen molar-refractivity contribution in [3.8, 4) is 11.5 Å². The van der Waals surface area contributed by atoms with Crippen molar-refractivity contribution in [2.75, 3.05) is 25.2 Å². The van der Waals surface area contributed by atoms with Gasteiger partial charge in [-0.3, -0.25) is 14.6 Å². The molecule has 1 aromatic rings. The summed E-state index contributed by atoms with van der Waals surface area (Å²) in [6, 6.07) is 5.30. The number of carbonyl (C=O) groups excluding carboxylic acids is 2. The molecule has 1 fully saturated rings. The highest BCUT2D eigenvalue weighted by atomic mass is 33.1. The van der Waals surface area contributed by atoms with E-state index in [2.05, 4.69) is 42.3 Å². The lowest BCUT2D eigenvalue weighted by atomic mass is 9.73. The summed E-state index contributed by atoms with van der Waals surface area (Å²) >= 11 is 0. The molecule has 1 aliphatic carbocycles. The van der Waals surface area contributed by atoms with Gasteiger partial charge in [-0.05, 0) is 41.5 Å². The molecule has 0 aromatic heterocycles. The number of nitrogens with zero attached hydrogens (tertiary/aromatic N) is 1. The van der Waals surface area contributed by atoms with Crippen LogP contribution in [-0.2, 0) is 14.3 Å². The molecule has 1 saturated heterocycles. The summed E-state index contributed by atoms with van der Waals surface area (Å²) in [5.41, 5.74) is 2.13. The van der Waals surface area contributed by atoms with E-state index in [1.165, 1.54) is 19.6 Å². The van der Waals surface area contributed by atoms with E-state index in [1.807, 2.05) is 18.3 Å². The predicted octanol–water partition coefficient (Wildman–Crippen LogP) is 6.17. The van der Waals surface area contributed by atoms with Crippen LogP contribution in [0.2, 0.25) is 0 Å². The molecule has 1 aromatic carbocycles. The third-order valence-electron chi connectivity index (χ3n) is 7.69. The van der Waals surface area contributed by atoms with E-state index in [4.69, 9.17) is 9.47 Å². The van der Waals surface area contributed by atoms with Crippen LogP contribution in [0.25, 0.3) is 0 Å². The molecular weight excluding hydrogens is 518 g/mol. The number of carbonyl (C=O) groups is 2. The maximum absolute atomic E-state index is 13.6. The fourth-order valence-corrected chi connectivity index (χ4v) is 8.34.